The summed E-state index contributed by atoms with van der Waals surface area (Å²) >= 11 is 5.27. The lowest BCUT2D eigenvalue weighted by Crippen LogP contribution is -2.26. The molecule has 0 spiro atoms. The zero-order valence-corrected chi connectivity index (χ0v) is 13.8. The van der Waals surface area contributed by atoms with Gasteiger partial charge in [-0.25, -0.2) is 9.97 Å². The summed E-state index contributed by atoms with van der Waals surface area (Å²) in [6.07, 6.45) is 6.19. The minimum Gasteiger partial charge on any atom is -0.345 e. The van der Waals surface area contributed by atoms with Gasteiger partial charge in [0.15, 0.2) is 0 Å². The number of aromatic nitrogens is 3. The van der Waals surface area contributed by atoms with Gasteiger partial charge >= 0.3 is 0 Å². The van der Waals surface area contributed by atoms with Crippen LogP contribution in [0.25, 0.3) is 22.3 Å². The van der Waals surface area contributed by atoms with Crippen molar-refractivity contribution in [3.63, 3.8) is 0 Å². The summed E-state index contributed by atoms with van der Waals surface area (Å²) < 4.78 is 0.990. The number of halogens is 1. The van der Waals surface area contributed by atoms with Crippen LogP contribution in [-0.2, 0) is 0 Å². The molecule has 3 aromatic rings. The number of piperidine rings is 1. The van der Waals surface area contributed by atoms with Crippen molar-refractivity contribution in [3.05, 3.63) is 33.3 Å². The van der Waals surface area contributed by atoms with Crippen molar-refractivity contribution < 1.29 is 0 Å². The van der Waals surface area contributed by atoms with E-state index in [9.17, 15) is 0 Å². The molecule has 0 unspecified atom stereocenters. The molecule has 0 amide bonds. The average molecular weight is 363 g/mol. The molecule has 1 fully saturated rings. The second kappa shape index (κ2) is 5.51. The predicted octanol–water partition coefficient (Wildman–Crippen LogP) is 3.92. The van der Waals surface area contributed by atoms with Crippen LogP contribution in [-0.4, -0.2) is 28.0 Å². The molecule has 0 aliphatic carbocycles. The fraction of sp³-hybridized carbons (Fsp3) is 0.333. The quantitative estimate of drug-likeness (QED) is 0.726. The van der Waals surface area contributed by atoms with Crippen LogP contribution >= 0.6 is 27.3 Å². The summed E-state index contributed by atoms with van der Waals surface area (Å²) in [6.45, 7) is 2.20. The minimum atomic E-state index is 0.611. The van der Waals surface area contributed by atoms with Gasteiger partial charge in [-0.1, -0.05) is 0 Å². The number of fused-ring (bicyclic) bond motifs is 1. The van der Waals surface area contributed by atoms with Gasteiger partial charge in [0, 0.05) is 39.1 Å². The summed E-state index contributed by atoms with van der Waals surface area (Å²) in [6, 6.07) is 2.09. The normalized spacial score (nSPS) is 16.6. The molecule has 4 nitrogen and oxygen atoms in total. The van der Waals surface area contributed by atoms with Crippen LogP contribution in [0, 0.1) is 0 Å². The van der Waals surface area contributed by atoms with Crippen molar-refractivity contribution in [2.75, 3.05) is 13.1 Å². The molecule has 108 valence electrons. The summed E-state index contributed by atoms with van der Waals surface area (Å²) in [5.41, 5.74) is 3.10. The SMILES string of the molecule is Brc1cnc2[nH]cc(-c3csc(C4CCNCC4)n3)c2c1. The first-order valence-corrected chi connectivity index (χ1v) is 8.77. The third-order valence-electron chi connectivity index (χ3n) is 3.98. The lowest BCUT2D eigenvalue weighted by atomic mass is 9.99. The number of nitrogens with one attached hydrogen (secondary N) is 2. The number of aromatic amines is 1. The fourth-order valence-electron chi connectivity index (χ4n) is 2.86. The lowest BCUT2D eigenvalue weighted by Gasteiger charge is -2.20. The van der Waals surface area contributed by atoms with E-state index in [0.717, 1.165) is 39.9 Å². The first-order valence-electron chi connectivity index (χ1n) is 7.10. The molecule has 0 atom stereocenters. The van der Waals surface area contributed by atoms with Crippen LogP contribution in [0.4, 0.5) is 0 Å². The van der Waals surface area contributed by atoms with E-state index in [1.807, 2.05) is 12.4 Å². The van der Waals surface area contributed by atoms with Crippen molar-refractivity contribution >= 4 is 38.3 Å². The first-order chi connectivity index (χ1) is 10.3. The largest absolute Gasteiger partial charge is 0.345 e. The Balaban J connectivity index is 1.72. The smallest absolute Gasteiger partial charge is 0.137 e. The molecule has 1 aliphatic heterocycles. The van der Waals surface area contributed by atoms with Gasteiger partial charge in [-0.05, 0) is 47.9 Å². The van der Waals surface area contributed by atoms with Gasteiger partial charge in [0.25, 0.3) is 0 Å². The zero-order chi connectivity index (χ0) is 14.2. The van der Waals surface area contributed by atoms with E-state index in [4.69, 9.17) is 4.98 Å². The summed E-state index contributed by atoms with van der Waals surface area (Å²) in [4.78, 5) is 12.5. The van der Waals surface area contributed by atoms with Crippen LogP contribution in [0.5, 0.6) is 0 Å². The van der Waals surface area contributed by atoms with Crippen molar-refractivity contribution in [2.45, 2.75) is 18.8 Å². The maximum absolute atomic E-state index is 4.88. The van der Waals surface area contributed by atoms with Gasteiger partial charge in [0.1, 0.15) is 5.65 Å². The van der Waals surface area contributed by atoms with Gasteiger partial charge in [-0.2, -0.15) is 0 Å². The van der Waals surface area contributed by atoms with E-state index in [1.54, 1.807) is 11.3 Å². The molecule has 4 rings (SSSR count). The highest BCUT2D eigenvalue weighted by Gasteiger charge is 2.19. The number of thiazole rings is 1. The van der Waals surface area contributed by atoms with Crippen molar-refractivity contribution in [1.29, 1.82) is 0 Å². The second-order valence-corrected chi connectivity index (χ2v) is 7.15. The highest BCUT2D eigenvalue weighted by molar-refractivity contribution is 9.10. The summed E-state index contributed by atoms with van der Waals surface area (Å²) in [5.74, 6) is 0.611. The van der Waals surface area contributed by atoms with Gasteiger partial charge < -0.3 is 10.3 Å². The van der Waals surface area contributed by atoms with Crippen LogP contribution < -0.4 is 5.32 Å². The summed E-state index contributed by atoms with van der Waals surface area (Å²) in [7, 11) is 0. The van der Waals surface area contributed by atoms with E-state index < -0.39 is 0 Å². The Morgan fingerprint density at radius 2 is 2.14 bits per heavy atom. The van der Waals surface area contributed by atoms with E-state index in [0.29, 0.717) is 5.92 Å². The van der Waals surface area contributed by atoms with Gasteiger partial charge in [0.05, 0.1) is 10.7 Å². The van der Waals surface area contributed by atoms with E-state index in [2.05, 4.69) is 42.7 Å². The average Bonchev–Trinajstić information content (AvgIpc) is 3.14. The molecule has 0 aromatic carbocycles. The molecule has 1 aliphatic rings. The second-order valence-electron chi connectivity index (χ2n) is 5.35. The topological polar surface area (TPSA) is 53.6 Å². The Morgan fingerprint density at radius 3 is 3.00 bits per heavy atom. The highest BCUT2D eigenvalue weighted by Crippen LogP contribution is 2.34. The van der Waals surface area contributed by atoms with E-state index in [-0.39, 0.29) is 0 Å². The molecule has 0 saturated carbocycles. The minimum absolute atomic E-state index is 0.611. The Kier molecular flexibility index (Phi) is 3.52. The lowest BCUT2D eigenvalue weighted by molar-refractivity contribution is 0.459. The number of hydrogen-bond acceptors (Lipinski definition) is 4. The third kappa shape index (κ3) is 2.52. The number of nitrogens with zero attached hydrogens (tertiary/aromatic N) is 2. The zero-order valence-electron chi connectivity index (χ0n) is 11.4. The molecule has 3 aromatic heterocycles. The van der Waals surface area contributed by atoms with Crippen molar-refractivity contribution in [3.8, 4) is 11.3 Å². The number of H-pyrrole nitrogens is 1. The predicted molar refractivity (Wildman–Crippen MR) is 89.7 cm³/mol. The third-order valence-corrected chi connectivity index (χ3v) is 5.42. The maximum Gasteiger partial charge on any atom is 0.137 e. The number of hydrogen-bond donors (Lipinski definition) is 2. The molecule has 0 bridgehead atoms. The van der Waals surface area contributed by atoms with Crippen LogP contribution in [0.3, 0.4) is 0 Å². The Bertz CT molecular complexity index is 773. The van der Waals surface area contributed by atoms with Crippen molar-refractivity contribution in [2.24, 2.45) is 0 Å². The van der Waals surface area contributed by atoms with Gasteiger partial charge in [-0.3, -0.25) is 0 Å². The standard InChI is InChI=1S/C15H15BrN4S/c16-10-5-11-12(7-19-14(11)18-6-10)13-8-21-15(20-13)9-1-3-17-4-2-9/h5-9,17H,1-4H2,(H,18,19). The van der Waals surface area contributed by atoms with Crippen molar-refractivity contribution in [1.82, 2.24) is 20.3 Å². The first kappa shape index (κ1) is 13.4. The molecule has 6 heteroatoms. The van der Waals surface area contributed by atoms with Crippen LogP contribution in [0.15, 0.2) is 28.3 Å². The van der Waals surface area contributed by atoms with Crippen LogP contribution in [0.1, 0.15) is 23.8 Å². The van der Waals surface area contributed by atoms with Gasteiger partial charge in [-0.15, -0.1) is 11.3 Å². The molecular weight excluding hydrogens is 348 g/mol. The number of pyridine rings is 1. The van der Waals surface area contributed by atoms with E-state index in [1.165, 1.54) is 17.8 Å². The Hall–Kier alpha value is -1.24. The molecule has 2 N–H and O–H groups in total. The molecule has 0 radical (unpaired) electrons. The maximum atomic E-state index is 4.88. The van der Waals surface area contributed by atoms with Crippen LogP contribution in [0.2, 0.25) is 0 Å². The number of rotatable bonds is 2. The molecule has 21 heavy (non-hydrogen) atoms. The molecular formula is C15H15BrN4S. The highest BCUT2D eigenvalue weighted by atomic mass is 79.9. The summed E-state index contributed by atoms with van der Waals surface area (Å²) in [5, 5.41) is 7.96. The Morgan fingerprint density at radius 1 is 1.29 bits per heavy atom. The van der Waals surface area contributed by atoms with E-state index >= 15 is 0 Å². The fourth-order valence-corrected chi connectivity index (χ4v) is 4.18. The van der Waals surface area contributed by atoms with Gasteiger partial charge in [0.2, 0.25) is 0 Å². The Labute approximate surface area is 135 Å². The molecule has 1 saturated heterocycles. The monoisotopic (exact) mass is 362 g/mol. The molecule has 4 heterocycles.